The Labute approximate surface area is 171 Å². The van der Waals surface area contributed by atoms with Crippen LogP contribution in [0.3, 0.4) is 0 Å². The third-order valence-corrected chi connectivity index (χ3v) is 4.74. The van der Waals surface area contributed by atoms with E-state index in [9.17, 15) is 19.7 Å². The average molecular weight is 410 g/mol. The largest absolute Gasteiger partial charge is 0.457 e. The van der Waals surface area contributed by atoms with Crippen LogP contribution >= 0.6 is 11.6 Å². The van der Waals surface area contributed by atoms with Gasteiger partial charge in [-0.25, -0.2) is 4.79 Å². The first-order chi connectivity index (χ1) is 13.9. The van der Waals surface area contributed by atoms with Gasteiger partial charge in [0.2, 0.25) is 0 Å². The number of ether oxygens (including phenoxy) is 1. The maximum Gasteiger partial charge on any atom is 0.339 e. The number of carbonyl (C=O) groups is 2. The number of carbonyl (C=O) groups excluding carboxylic acids is 2. The molecule has 0 aromatic heterocycles. The molecule has 0 amide bonds. The van der Waals surface area contributed by atoms with E-state index in [1.54, 1.807) is 12.1 Å². The Morgan fingerprint density at radius 2 is 1.66 bits per heavy atom. The van der Waals surface area contributed by atoms with Gasteiger partial charge in [-0.15, -0.1) is 0 Å². The van der Waals surface area contributed by atoms with E-state index in [1.807, 2.05) is 31.2 Å². The molecule has 3 aromatic carbocycles. The maximum absolute atomic E-state index is 12.9. The first-order valence-corrected chi connectivity index (χ1v) is 9.05. The van der Waals surface area contributed by atoms with Gasteiger partial charge in [0, 0.05) is 17.2 Å². The topological polar surface area (TPSA) is 86.5 Å². The summed E-state index contributed by atoms with van der Waals surface area (Å²) in [6.45, 7) is 1.98. The van der Waals surface area contributed by atoms with E-state index >= 15 is 0 Å². The quantitative estimate of drug-likeness (QED) is 0.243. The molecule has 29 heavy (non-hydrogen) atoms. The summed E-state index contributed by atoms with van der Waals surface area (Å²) in [5.41, 5.74) is 1.70. The molecule has 3 rings (SSSR count). The number of halogens is 1. The van der Waals surface area contributed by atoms with E-state index in [2.05, 4.69) is 0 Å². The van der Waals surface area contributed by atoms with Crippen molar-refractivity contribution < 1.29 is 19.2 Å². The zero-order valence-electron chi connectivity index (χ0n) is 15.4. The number of ketones is 1. The third kappa shape index (κ3) is 4.50. The van der Waals surface area contributed by atoms with Crippen molar-refractivity contribution in [3.05, 3.63) is 110 Å². The van der Waals surface area contributed by atoms with Crippen molar-refractivity contribution in [1.29, 1.82) is 0 Å². The zero-order chi connectivity index (χ0) is 21.0. The molecule has 7 heteroatoms. The van der Waals surface area contributed by atoms with E-state index in [1.165, 1.54) is 24.3 Å². The molecule has 0 saturated heterocycles. The summed E-state index contributed by atoms with van der Waals surface area (Å²) >= 11 is 5.81. The van der Waals surface area contributed by atoms with Gasteiger partial charge in [-0.1, -0.05) is 54.1 Å². The molecule has 0 fully saturated rings. The molecule has 0 spiro atoms. The second-order valence-electron chi connectivity index (χ2n) is 6.30. The van der Waals surface area contributed by atoms with Crippen LogP contribution in [-0.4, -0.2) is 16.7 Å². The minimum Gasteiger partial charge on any atom is -0.457 e. The van der Waals surface area contributed by atoms with Crippen LogP contribution in [0, 0.1) is 17.0 Å². The number of nitro benzene ring substituents is 1. The predicted molar refractivity (Wildman–Crippen MR) is 108 cm³/mol. The van der Waals surface area contributed by atoms with Gasteiger partial charge >= 0.3 is 5.97 Å². The second-order valence-corrected chi connectivity index (χ2v) is 6.71. The van der Waals surface area contributed by atoms with Crippen LogP contribution in [0.15, 0.2) is 66.7 Å². The number of benzene rings is 3. The zero-order valence-corrected chi connectivity index (χ0v) is 16.2. The van der Waals surface area contributed by atoms with Gasteiger partial charge in [0.1, 0.15) is 11.6 Å². The standard InChI is InChI=1S/C22H16ClNO5/c1-14-6-2-3-7-16(14)13-29-22(26)18-9-5-4-8-17(18)21(25)15-10-11-19(23)20(12-15)24(27)28/h2-12H,13H2,1H3. The van der Waals surface area contributed by atoms with Crippen molar-refractivity contribution in [2.75, 3.05) is 0 Å². The third-order valence-electron chi connectivity index (χ3n) is 4.42. The van der Waals surface area contributed by atoms with Crippen LogP contribution < -0.4 is 0 Å². The summed E-state index contributed by atoms with van der Waals surface area (Å²) in [7, 11) is 0. The number of rotatable bonds is 6. The number of hydrogen-bond donors (Lipinski definition) is 0. The molecule has 0 saturated carbocycles. The lowest BCUT2D eigenvalue weighted by molar-refractivity contribution is -0.384. The average Bonchev–Trinajstić information content (AvgIpc) is 2.72. The highest BCUT2D eigenvalue weighted by Crippen LogP contribution is 2.27. The van der Waals surface area contributed by atoms with Crippen molar-refractivity contribution in [3.8, 4) is 0 Å². The molecular formula is C22H16ClNO5. The van der Waals surface area contributed by atoms with Crippen LogP contribution in [0.4, 0.5) is 5.69 Å². The van der Waals surface area contributed by atoms with E-state index in [0.29, 0.717) is 0 Å². The highest BCUT2D eigenvalue weighted by Gasteiger charge is 2.22. The van der Waals surface area contributed by atoms with Gasteiger partial charge in [-0.3, -0.25) is 14.9 Å². The Bertz CT molecular complexity index is 1110. The van der Waals surface area contributed by atoms with E-state index in [-0.39, 0.29) is 34.0 Å². The van der Waals surface area contributed by atoms with E-state index < -0.39 is 16.7 Å². The van der Waals surface area contributed by atoms with Crippen molar-refractivity contribution >= 4 is 29.0 Å². The minimum absolute atomic E-state index is 0.0558. The Hall–Kier alpha value is -3.51. The first-order valence-electron chi connectivity index (χ1n) is 8.68. The molecule has 0 N–H and O–H groups in total. The molecule has 0 bridgehead atoms. The summed E-state index contributed by atoms with van der Waals surface area (Å²) < 4.78 is 5.38. The van der Waals surface area contributed by atoms with Gasteiger partial charge in [-0.2, -0.15) is 0 Å². The number of esters is 1. The summed E-state index contributed by atoms with van der Waals surface area (Å²) in [5.74, 6) is -1.19. The summed E-state index contributed by atoms with van der Waals surface area (Å²) in [4.78, 5) is 36.0. The molecular weight excluding hydrogens is 394 g/mol. The van der Waals surface area contributed by atoms with E-state index in [0.717, 1.165) is 17.2 Å². The van der Waals surface area contributed by atoms with Gasteiger partial charge in [-0.05, 0) is 36.2 Å². The van der Waals surface area contributed by atoms with Crippen molar-refractivity contribution in [3.63, 3.8) is 0 Å². The van der Waals surface area contributed by atoms with E-state index in [4.69, 9.17) is 16.3 Å². The summed E-state index contributed by atoms with van der Waals surface area (Å²) in [6.07, 6.45) is 0. The molecule has 0 radical (unpaired) electrons. The van der Waals surface area contributed by atoms with Crippen molar-refractivity contribution in [2.24, 2.45) is 0 Å². The lowest BCUT2D eigenvalue weighted by Gasteiger charge is -2.10. The van der Waals surface area contributed by atoms with Crippen molar-refractivity contribution in [2.45, 2.75) is 13.5 Å². The van der Waals surface area contributed by atoms with Crippen LogP contribution in [0.5, 0.6) is 0 Å². The lowest BCUT2D eigenvalue weighted by atomic mass is 9.98. The SMILES string of the molecule is Cc1ccccc1COC(=O)c1ccccc1C(=O)c1ccc(Cl)c([N+](=O)[O-])c1. The number of hydrogen-bond acceptors (Lipinski definition) is 5. The molecule has 146 valence electrons. The van der Waals surface area contributed by atoms with Gasteiger partial charge in [0.15, 0.2) is 5.78 Å². The fraction of sp³-hybridized carbons (Fsp3) is 0.0909. The molecule has 3 aromatic rings. The monoisotopic (exact) mass is 409 g/mol. The molecule has 0 aliphatic heterocycles. The molecule has 0 aliphatic carbocycles. The minimum atomic E-state index is -0.665. The maximum atomic E-state index is 12.9. The highest BCUT2D eigenvalue weighted by molar-refractivity contribution is 6.33. The molecule has 0 heterocycles. The fourth-order valence-electron chi connectivity index (χ4n) is 2.80. The van der Waals surface area contributed by atoms with Crippen LogP contribution in [0.1, 0.15) is 37.4 Å². The Balaban J connectivity index is 1.88. The van der Waals surface area contributed by atoms with Gasteiger partial charge in [0.25, 0.3) is 5.69 Å². The van der Waals surface area contributed by atoms with Crippen LogP contribution in [0.25, 0.3) is 0 Å². The number of nitro groups is 1. The van der Waals surface area contributed by atoms with Crippen LogP contribution in [-0.2, 0) is 11.3 Å². The summed E-state index contributed by atoms with van der Waals surface area (Å²) in [5, 5.41) is 11.0. The fourth-order valence-corrected chi connectivity index (χ4v) is 2.99. The number of nitrogens with zero attached hydrogens (tertiary/aromatic N) is 1. The Morgan fingerprint density at radius 1 is 1.00 bits per heavy atom. The molecule has 0 atom stereocenters. The molecule has 0 aliphatic rings. The molecule has 6 nitrogen and oxygen atoms in total. The smallest absolute Gasteiger partial charge is 0.339 e. The van der Waals surface area contributed by atoms with Gasteiger partial charge < -0.3 is 4.74 Å². The first kappa shape index (κ1) is 20.2. The predicted octanol–water partition coefficient (Wildman–Crippen LogP) is 5.14. The number of aryl methyl sites for hydroxylation is 1. The Morgan fingerprint density at radius 3 is 2.34 bits per heavy atom. The van der Waals surface area contributed by atoms with Crippen molar-refractivity contribution in [1.82, 2.24) is 0 Å². The second kappa shape index (κ2) is 8.67. The summed E-state index contributed by atoms with van der Waals surface area (Å²) in [6, 6.07) is 17.5. The molecule has 0 unspecified atom stereocenters. The van der Waals surface area contributed by atoms with Crippen LogP contribution in [0.2, 0.25) is 5.02 Å². The van der Waals surface area contributed by atoms with Gasteiger partial charge in [0.05, 0.1) is 10.5 Å². The highest BCUT2D eigenvalue weighted by atomic mass is 35.5. The lowest BCUT2D eigenvalue weighted by Crippen LogP contribution is -2.13. The Kier molecular flexibility index (Phi) is 6.04. The normalized spacial score (nSPS) is 10.4.